The molecule has 0 saturated heterocycles. The van der Waals surface area contributed by atoms with E-state index >= 15 is 4.39 Å². The normalized spacial score (nSPS) is 52.4. The Balaban J connectivity index is 1.85. The summed E-state index contributed by atoms with van der Waals surface area (Å²) < 4.78 is 15.3. The quantitative estimate of drug-likeness (QED) is 0.432. The highest BCUT2D eigenvalue weighted by molar-refractivity contribution is 6.27. The van der Waals surface area contributed by atoms with E-state index in [0.717, 1.165) is 0 Å². The highest BCUT2D eigenvalue weighted by Crippen LogP contribution is 2.70. The fourth-order valence-electron chi connectivity index (χ4n) is 7.25. The van der Waals surface area contributed by atoms with Gasteiger partial charge in [-0.15, -0.1) is 11.6 Å². The number of carbonyl (C=O) groups is 3. The van der Waals surface area contributed by atoms with Crippen molar-refractivity contribution in [2.75, 3.05) is 0 Å². The zero-order chi connectivity index (χ0) is 20.6. The van der Waals surface area contributed by atoms with Gasteiger partial charge in [0.2, 0.25) is 0 Å². The van der Waals surface area contributed by atoms with Gasteiger partial charge in [0.1, 0.15) is 6.17 Å². The Bertz CT molecular complexity index is 821. The van der Waals surface area contributed by atoms with Crippen LogP contribution < -0.4 is 0 Å². The summed E-state index contributed by atoms with van der Waals surface area (Å²) in [7, 11) is 0. The lowest BCUT2D eigenvalue weighted by Crippen LogP contribution is -2.67. The maximum absolute atomic E-state index is 15.3. The van der Waals surface area contributed by atoms with E-state index in [1.807, 2.05) is 13.8 Å². The molecule has 4 aliphatic carbocycles. The topological polar surface area (TPSA) is 71.4 Å². The van der Waals surface area contributed by atoms with Gasteiger partial charge < -0.3 is 5.11 Å². The number of hydrogen-bond acceptors (Lipinski definition) is 4. The van der Waals surface area contributed by atoms with Crippen molar-refractivity contribution in [3.05, 3.63) is 23.8 Å². The van der Waals surface area contributed by atoms with Crippen molar-refractivity contribution >= 4 is 29.5 Å². The van der Waals surface area contributed by atoms with E-state index in [2.05, 4.69) is 0 Å². The molecule has 28 heavy (non-hydrogen) atoms. The molecule has 0 amide bonds. The number of Topliss-reactive ketones (excluding diaryl/α,β-unsaturated/α-hetero) is 1. The van der Waals surface area contributed by atoms with Crippen LogP contribution in [0.15, 0.2) is 23.8 Å². The minimum Gasteiger partial charge on any atom is -0.391 e. The van der Waals surface area contributed by atoms with Crippen LogP contribution in [0.4, 0.5) is 4.39 Å². The van der Waals surface area contributed by atoms with Crippen LogP contribution in [-0.2, 0) is 14.4 Å². The van der Waals surface area contributed by atoms with Gasteiger partial charge in [-0.3, -0.25) is 14.4 Å². The molecule has 0 unspecified atom stereocenters. The van der Waals surface area contributed by atoms with Crippen molar-refractivity contribution in [1.29, 1.82) is 0 Å². The summed E-state index contributed by atoms with van der Waals surface area (Å²) in [4.78, 5) is 34.4. The third kappa shape index (κ3) is 2.23. The number of carbonyl (C=O) groups excluding carboxylic acids is 3. The summed E-state index contributed by atoms with van der Waals surface area (Å²) in [5, 5.41) is 11.3. The molecule has 0 spiro atoms. The molecule has 4 nitrogen and oxygen atoms in total. The Hall–Kier alpha value is -1.33. The number of fused-ring (bicyclic) bond motifs is 5. The van der Waals surface area contributed by atoms with E-state index in [0.29, 0.717) is 18.3 Å². The van der Waals surface area contributed by atoms with Gasteiger partial charge >= 0.3 is 0 Å². The smallest absolute Gasteiger partial charge is 0.199 e. The summed E-state index contributed by atoms with van der Waals surface area (Å²) in [5.41, 5.74) is -1.26. The first-order valence-corrected chi connectivity index (χ1v) is 10.3. The molecule has 0 aromatic carbocycles. The molecule has 3 fully saturated rings. The Kier molecular flexibility index (Phi) is 4.34. The number of alkyl halides is 2. The molecule has 4 rings (SSSR count). The van der Waals surface area contributed by atoms with Gasteiger partial charge in [-0.05, 0) is 60.2 Å². The zero-order valence-corrected chi connectivity index (χ0v) is 17.1. The van der Waals surface area contributed by atoms with Gasteiger partial charge in [-0.2, -0.15) is 0 Å². The first-order chi connectivity index (χ1) is 13.0. The number of rotatable bonds is 2. The van der Waals surface area contributed by atoms with Crippen molar-refractivity contribution in [1.82, 2.24) is 0 Å². The van der Waals surface area contributed by atoms with Crippen molar-refractivity contribution in [3.8, 4) is 0 Å². The van der Waals surface area contributed by atoms with E-state index in [1.54, 1.807) is 13.0 Å². The maximum Gasteiger partial charge on any atom is 0.199 e. The van der Waals surface area contributed by atoms with Crippen molar-refractivity contribution in [2.24, 2.45) is 34.5 Å². The molecule has 0 aromatic rings. The average molecular weight is 409 g/mol. The molecular formula is C22H26ClFO4. The lowest BCUT2D eigenvalue weighted by molar-refractivity contribution is -0.143. The molecule has 0 bridgehead atoms. The predicted molar refractivity (Wildman–Crippen MR) is 102 cm³/mol. The largest absolute Gasteiger partial charge is 0.391 e. The second-order valence-corrected chi connectivity index (χ2v) is 10.3. The van der Waals surface area contributed by atoms with Crippen LogP contribution in [0.25, 0.3) is 0 Å². The number of aliphatic hydroxyl groups is 1. The Labute approximate surface area is 169 Å². The van der Waals surface area contributed by atoms with Gasteiger partial charge in [0.15, 0.2) is 17.9 Å². The standard InChI is InChI=1S/C22H26ClFO4/c1-11-6-13-14-8-16(24)15-7-12(26)4-5-21(15,3)22(14,23)18(28)9-20(13,2)19(11)17(27)10-25/h4-5,7,10-11,13-14,16,18-19,28H,6,8-9H2,1-3H3/t11-,13+,14+,16+,18+,19-,20+,21+,22+/m1/s1. The highest BCUT2D eigenvalue weighted by atomic mass is 35.5. The summed E-state index contributed by atoms with van der Waals surface area (Å²) in [6, 6.07) is 0. The number of hydrogen-bond donors (Lipinski definition) is 1. The molecule has 0 aromatic heterocycles. The van der Waals surface area contributed by atoms with E-state index < -0.39 is 39.7 Å². The lowest BCUT2D eigenvalue weighted by atomic mass is 9.46. The summed E-state index contributed by atoms with van der Waals surface area (Å²) in [6.45, 7) is 5.68. The number of ketones is 2. The van der Waals surface area contributed by atoms with Gasteiger partial charge in [0.05, 0.1) is 11.0 Å². The van der Waals surface area contributed by atoms with E-state index in [4.69, 9.17) is 11.6 Å². The Morgan fingerprint density at radius 3 is 2.64 bits per heavy atom. The average Bonchev–Trinajstić information content (AvgIpc) is 2.89. The van der Waals surface area contributed by atoms with Crippen LogP contribution in [-0.4, -0.2) is 40.1 Å². The van der Waals surface area contributed by atoms with Crippen molar-refractivity contribution in [3.63, 3.8) is 0 Å². The minimum absolute atomic E-state index is 0.0369. The second kappa shape index (κ2) is 6.09. The molecule has 9 atom stereocenters. The molecule has 1 N–H and O–H groups in total. The van der Waals surface area contributed by atoms with Crippen LogP contribution in [0.2, 0.25) is 0 Å². The van der Waals surface area contributed by atoms with Crippen molar-refractivity contribution < 1.29 is 23.9 Å². The van der Waals surface area contributed by atoms with Crippen LogP contribution in [0, 0.1) is 34.5 Å². The van der Waals surface area contributed by atoms with Crippen molar-refractivity contribution in [2.45, 2.75) is 57.2 Å². The van der Waals surface area contributed by atoms with E-state index in [-0.39, 0.29) is 36.4 Å². The number of aliphatic hydroxyl groups excluding tert-OH is 1. The van der Waals surface area contributed by atoms with Crippen LogP contribution in [0.1, 0.15) is 40.0 Å². The zero-order valence-electron chi connectivity index (χ0n) is 16.3. The van der Waals surface area contributed by atoms with Gasteiger partial charge in [-0.25, -0.2) is 4.39 Å². The first-order valence-electron chi connectivity index (χ1n) is 9.96. The maximum atomic E-state index is 15.3. The highest BCUT2D eigenvalue weighted by Gasteiger charge is 2.71. The van der Waals surface area contributed by atoms with Crippen LogP contribution >= 0.6 is 11.6 Å². The van der Waals surface area contributed by atoms with E-state index in [1.165, 1.54) is 12.2 Å². The molecule has 4 aliphatic rings. The first kappa shape index (κ1) is 20.0. The molecule has 6 heteroatoms. The van der Waals surface area contributed by atoms with Crippen LogP contribution in [0.3, 0.4) is 0 Å². The predicted octanol–water partition coefficient (Wildman–Crippen LogP) is 3.20. The molecule has 0 aliphatic heterocycles. The fourth-order valence-corrected chi connectivity index (χ4v) is 7.74. The van der Waals surface area contributed by atoms with Gasteiger partial charge in [-0.1, -0.05) is 26.8 Å². The molecular weight excluding hydrogens is 383 g/mol. The lowest BCUT2D eigenvalue weighted by Gasteiger charge is -2.63. The number of aldehydes is 1. The monoisotopic (exact) mass is 408 g/mol. The molecule has 3 saturated carbocycles. The Morgan fingerprint density at radius 1 is 1.32 bits per heavy atom. The van der Waals surface area contributed by atoms with Gasteiger partial charge in [0, 0.05) is 11.3 Å². The summed E-state index contributed by atoms with van der Waals surface area (Å²) >= 11 is 7.22. The van der Waals surface area contributed by atoms with E-state index in [9.17, 15) is 19.5 Å². The number of halogens is 2. The summed E-state index contributed by atoms with van der Waals surface area (Å²) in [6.07, 6.45) is 3.46. The minimum atomic E-state index is -1.33. The third-order valence-corrected chi connectivity index (χ3v) is 9.32. The van der Waals surface area contributed by atoms with Crippen LogP contribution in [0.5, 0.6) is 0 Å². The number of allylic oxidation sites excluding steroid dienone is 4. The van der Waals surface area contributed by atoms with Gasteiger partial charge in [0.25, 0.3) is 0 Å². The molecule has 152 valence electrons. The SMILES string of the molecule is C[C@@H]1C[C@H]2[C@@H]3C[C@H](F)C4=CC(=O)C=C[C@]4(C)[C@@]3(Cl)[C@@H](O)C[C@]2(C)[C@H]1C(=O)C=O. The second-order valence-electron chi connectivity index (χ2n) is 9.66. The fraction of sp³-hybridized carbons (Fsp3) is 0.682. The molecule has 0 radical (unpaired) electrons. The Morgan fingerprint density at radius 2 is 2.00 bits per heavy atom. The molecule has 0 heterocycles. The summed E-state index contributed by atoms with van der Waals surface area (Å²) in [5.74, 6) is -1.70. The third-order valence-electron chi connectivity index (χ3n) is 8.39.